The number of nitrogens with zero attached hydrogens (tertiary/aromatic N) is 3. The molecule has 8 nitrogen and oxygen atoms in total. The lowest BCUT2D eigenvalue weighted by atomic mass is 9.87. The molecular weight excluding hydrogens is 366 g/mol. The third kappa shape index (κ3) is 2.92. The Labute approximate surface area is 157 Å². The van der Waals surface area contributed by atoms with Crippen LogP contribution in [0.15, 0.2) is 51.3 Å². The molecule has 0 amide bonds. The van der Waals surface area contributed by atoms with E-state index in [2.05, 4.69) is 9.98 Å². The first-order valence-electron chi connectivity index (χ1n) is 8.81. The highest BCUT2D eigenvalue weighted by molar-refractivity contribution is 7.86. The summed E-state index contributed by atoms with van der Waals surface area (Å²) in [7, 11) is -4.36. The average molecular weight is 387 g/mol. The van der Waals surface area contributed by atoms with Crippen molar-refractivity contribution in [1.82, 2.24) is 0 Å². The minimum atomic E-state index is -4.36. The Morgan fingerprint density at radius 2 is 1.67 bits per heavy atom. The van der Waals surface area contributed by atoms with E-state index in [1.807, 2.05) is 11.0 Å². The smallest absolute Gasteiger partial charge is 0.295 e. The van der Waals surface area contributed by atoms with Gasteiger partial charge in [-0.05, 0) is 37.8 Å². The first-order valence-corrected chi connectivity index (χ1v) is 10.2. The highest BCUT2D eigenvalue weighted by Crippen LogP contribution is 2.42. The molecule has 0 atom stereocenters. The summed E-state index contributed by atoms with van der Waals surface area (Å²) in [6, 6.07) is 10.0. The second-order valence-electron chi connectivity index (χ2n) is 6.92. The quantitative estimate of drug-likeness (QED) is 0.676. The van der Waals surface area contributed by atoms with Crippen molar-refractivity contribution in [2.45, 2.75) is 42.7 Å². The molecule has 27 heavy (non-hydrogen) atoms. The van der Waals surface area contributed by atoms with Crippen molar-refractivity contribution in [3.63, 3.8) is 0 Å². The lowest BCUT2D eigenvalue weighted by Crippen LogP contribution is -2.58. The number of guanidine groups is 2. The summed E-state index contributed by atoms with van der Waals surface area (Å²) < 4.78 is 33.2. The SMILES string of the molecule is NC1=NC2(CCCCC2)N(c2cccc3c(S(=O)(=O)O)cccc23)C(N)=N1. The lowest BCUT2D eigenvalue weighted by Gasteiger charge is -2.46. The second-order valence-corrected chi connectivity index (χ2v) is 8.31. The number of hydrogen-bond donors (Lipinski definition) is 3. The van der Waals surface area contributed by atoms with E-state index >= 15 is 0 Å². The van der Waals surface area contributed by atoms with Gasteiger partial charge < -0.3 is 11.5 Å². The van der Waals surface area contributed by atoms with Crippen LogP contribution in [0.5, 0.6) is 0 Å². The molecule has 9 heteroatoms. The predicted octanol–water partition coefficient (Wildman–Crippen LogP) is 2.20. The van der Waals surface area contributed by atoms with Gasteiger partial charge in [0.1, 0.15) is 10.6 Å². The Balaban J connectivity index is 1.97. The number of benzene rings is 2. The molecule has 4 rings (SSSR count). The summed E-state index contributed by atoms with van der Waals surface area (Å²) in [6.45, 7) is 0. The molecule has 0 radical (unpaired) electrons. The molecule has 0 bridgehead atoms. The molecule has 1 spiro atoms. The van der Waals surface area contributed by atoms with Crippen molar-refractivity contribution in [3.05, 3.63) is 36.4 Å². The molecule has 2 aliphatic rings. The monoisotopic (exact) mass is 387 g/mol. The third-order valence-electron chi connectivity index (χ3n) is 5.23. The van der Waals surface area contributed by atoms with Gasteiger partial charge in [0.05, 0.1) is 5.69 Å². The Hall–Kier alpha value is -2.65. The lowest BCUT2D eigenvalue weighted by molar-refractivity contribution is 0.306. The maximum atomic E-state index is 11.8. The van der Waals surface area contributed by atoms with E-state index in [1.165, 1.54) is 6.07 Å². The molecular formula is C18H21N5O3S. The zero-order valence-corrected chi connectivity index (χ0v) is 15.5. The molecule has 2 aromatic rings. The first-order chi connectivity index (χ1) is 12.8. The Bertz CT molecular complexity index is 1070. The number of hydrogen-bond acceptors (Lipinski definition) is 7. The van der Waals surface area contributed by atoms with Gasteiger partial charge in [-0.15, -0.1) is 0 Å². The molecule has 5 N–H and O–H groups in total. The van der Waals surface area contributed by atoms with Crippen LogP contribution in [-0.4, -0.2) is 30.6 Å². The van der Waals surface area contributed by atoms with Crippen molar-refractivity contribution in [2.24, 2.45) is 21.5 Å². The zero-order valence-electron chi connectivity index (χ0n) is 14.7. The van der Waals surface area contributed by atoms with Crippen LogP contribution in [0.2, 0.25) is 0 Å². The van der Waals surface area contributed by atoms with Crippen LogP contribution >= 0.6 is 0 Å². The molecule has 1 aliphatic carbocycles. The largest absolute Gasteiger partial charge is 0.369 e. The standard InChI is InChI=1S/C18H21N5O3S/c19-16-21-17(20)23(18(22-16)10-2-1-3-11-18)14-8-4-7-13-12(14)6-5-9-15(13)27(24,25)26/h4-9H,1-3,10-11H2,(H,24,25,26)(H4,19,20,21,22). The van der Waals surface area contributed by atoms with Gasteiger partial charge >= 0.3 is 0 Å². The van der Waals surface area contributed by atoms with Crippen LogP contribution in [0.25, 0.3) is 10.8 Å². The van der Waals surface area contributed by atoms with Crippen LogP contribution in [0.3, 0.4) is 0 Å². The Morgan fingerprint density at radius 3 is 2.37 bits per heavy atom. The zero-order chi connectivity index (χ0) is 19.2. The molecule has 0 aromatic heterocycles. The normalized spacial score (nSPS) is 19.8. The molecule has 2 aromatic carbocycles. The predicted molar refractivity (Wildman–Crippen MR) is 105 cm³/mol. The van der Waals surface area contributed by atoms with Crippen molar-refractivity contribution in [3.8, 4) is 0 Å². The summed E-state index contributed by atoms with van der Waals surface area (Å²) in [5.41, 5.74) is 12.2. The Kier molecular flexibility index (Phi) is 4.08. The van der Waals surface area contributed by atoms with E-state index in [-0.39, 0.29) is 16.8 Å². The summed E-state index contributed by atoms with van der Waals surface area (Å²) >= 11 is 0. The fraction of sp³-hybridized carbons (Fsp3) is 0.333. The van der Waals surface area contributed by atoms with Crippen LogP contribution in [0.1, 0.15) is 32.1 Å². The van der Waals surface area contributed by atoms with E-state index in [0.29, 0.717) is 16.5 Å². The summed E-state index contributed by atoms with van der Waals surface area (Å²) in [5, 5.41) is 1.06. The van der Waals surface area contributed by atoms with Crippen molar-refractivity contribution in [1.29, 1.82) is 0 Å². The van der Waals surface area contributed by atoms with E-state index in [1.54, 1.807) is 24.3 Å². The number of fused-ring (bicyclic) bond motifs is 1. The number of rotatable bonds is 2. The van der Waals surface area contributed by atoms with Gasteiger partial charge in [0.25, 0.3) is 10.1 Å². The van der Waals surface area contributed by atoms with Crippen LogP contribution in [-0.2, 0) is 10.1 Å². The van der Waals surface area contributed by atoms with Crippen LogP contribution in [0, 0.1) is 0 Å². The van der Waals surface area contributed by atoms with Gasteiger partial charge in [-0.2, -0.15) is 13.4 Å². The maximum absolute atomic E-state index is 11.8. The summed E-state index contributed by atoms with van der Waals surface area (Å²) in [4.78, 5) is 10.5. The maximum Gasteiger partial charge on any atom is 0.295 e. The second kappa shape index (κ2) is 6.21. The third-order valence-corrected chi connectivity index (χ3v) is 6.14. The Morgan fingerprint density at radius 1 is 1.00 bits per heavy atom. The molecule has 1 aliphatic heterocycles. The van der Waals surface area contributed by atoms with Crippen molar-refractivity contribution in [2.75, 3.05) is 4.90 Å². The van der Waals surface area contributed by atoms with Gasteiger partial charge in [-0.1, -0.05) is 30.7 Å². The van der Waals surface area contributed by atoms with Crippen molar-refractivity contribution >= 4 is 38.5 Å². The van der Waals surface area contributed by atoms with Crippen molar-refractivity contribution < 1.29 is 13.0 Å². The highest BCUT2D eigenvalue weighted by atomic mass is 32.2. The molecule has 0 unspecified atom stereocenters. The molecule has 1 heterocycles. The van der Waals surface area contributed by atoms with E-state index in [0.717, 1.165) is 32.1 Å². The average Bonchev–Trinajstić information content (AvgIpc) is 2.60. The molecule has 1 fully saturated rings. The van der Waals surface area contributed by atoms with Gasteiger partial charge in [-0.3, -0.25) is 9.45 Å². The number of nitrogens with two attached hydrogens (primary N) is 2. The first kappa shape index (κ1) is 17.7. The van der Waals surface area contributed by atoms with Crippen LogP contribution in [0.4, 0.5) is 5.69 Å². The fourth-order valence-electron chi connectivity index (χ4n) is 4.15. The van der Waals surface area contributed by atoms with Crippen LogP contribution < -0.4 is 16.4 Å². The number of anilines is 1. The molecule has 0 saturated heterocycles. The van der Waals surface area contributed by atoms with E-state index in [4.69, 9.17) is 11.5 Å². The fourth-order valence-corrected chi connectivity index (χ4v) is 4.86. The van der Waals surface area contributed by atoms with E-state index < -0.39 is 15.8 Å². The summed E-state index contributed by atoms with van der Waals surface area (Å²) in [5.74, 6) is 0.388. The van der Waals surface area contributed by atoms with Gasteiger partial charge in [-0.25, -0.2) is 4.99 Å². The number of aliphatic imine (C=N–C) groups is 2. The highest BCUT2D eigenvalue weighted by Gasteiger charge is 2.43. The minimum absolute atomic E-state index is 0.143. The molecule has 1 saturated carbocycles. The summed E-state index contributed by atoms with van der Waals surface area (Å²) in [6.07, 6.45) is 4.64. The minimum Gasteiger partial charge on any atom is -0.369 e. The van der Waals surface area contributed by atoms with Gasteiger partial charge in [0.2, 0.25) is 11.9 Å². The van der Waals surface area contributed by atoms with E-state index in [9.17, 15) is 13.0 Å². The topological polar surface area (TPSA) is 134 Å². The van der Waals surface area contributed by atoms with Gasteiger partial charge in [0, 0.05) is 10.8 Å². The molecule has 142 valence electrons. The van der Waals surface area contributed by atoms with Gasteiger partial charge in [0.15, 0.2) is 0 Å².